The molecule has 1 aliphatic carbocycles. The Bertz CT molecular complexity index is 248. The quantitative estimate of drug-likeness (QED) is 0.836. The van der Waals surface area contributed by atoms with Gasteiger partial charge in [-0.15, -0.1) is 0 Å². The molecule has 1 fully saturated rings. The van der Waals surface area contributed by atoms with Crippen LogP contribution in [0.2, 0.25) is 0 Å². The third-order valence-electron chi connectivity index (χ3n) is 4.78. The van der Waals surface area contributed by atoms with E-state index in [9.17, 15) is 5.11 Å². The van der Waals surface area contributed by atoms with Gasteiger partial charge in [-0.3, -0.25) is 0 Å². The molecule has 0 amide bonds. The minimum atomic E-state index is -0.183. The first-order valence-corrected chi connectivity index (χ1v) is 7.83. The van der Waals surface area contributed by atoms with Crippen molar-refractivity contribution in [3.05, 3.63) is 0 Å². The molecule has 1 rings (SSSR count). The fourth-order valence-electron chi connectivity index (χ4n) is 3.53. The molecule has 1 aliphatic rings. The smallest absolute Gasteiger partial charge is 0.0606 e. The maximum Gasteiger partial charge on any atom is 0.0606 e. The second-order valence-electron chi connectivity index (χ2n) is 8.43. The van der Waals surface area contributed by atoms with Gasteiger partial charge in [-0.2, -0.15) is 0 Å². The Balaban J connectivity index is 2.88. The van der Waals surface area contributed by atoms with Crippen LogP contribution in [0, 0.1) is 28.6 Å². The average Bonchev–Trinajstić information content (AvgIpc) is 2.24. The van der Waals surface area contributed by atoms with E-state index >= 15 is 0 Å². The van der Waals surface area contributed by atoms with E-state index in [2.05, 4.69) is 48.5 Å². The Morgan fingerprint density at radius 2 is 1.37 bits per heavy atom. The lowest BCUT2D eigenvalue weighted by Gasteiger charge is -2.49. The Kier molecular flexibility index (Phi) is 5.48. The molecule has 0 aromatic rings. The molecule has 0 aromatic carbocycles. The molecule has 0 heterocycles. The predicted molar refractivity (Wildman–Crippen MR) is 81.1 cm³/mol. The number of aliphatic hydroxyl groups excluding tert-OH is 1. The molecule has 2 nitrogen and oxygen atoms in total. The summed E-state index contributed by atoms with van der Waals surface area (Å²) in [5, 5.41) is 10.8. The fraction of sp³-hybridized carbons (Fsp3) is 1.00. The zero-order chi connectivity index (χ0) is 14.8. The Hall–Kier alpha value is -0.0800. The van der Waals surface area contributed by atoms with E-state index in [-0.39, 0.29) is 16.9 Å². The fourth-order valence-corrected chi connectivity index (χ4v) is 3.53. The number of rotatable bonds is 3. The number of aliphatic hydroxyl groups is 1. The van der Waals surface area contributed by atoms with Gasteiger partial charge < -0.3 is 9.84 Å². The molecular weight excluding hydrogens is 236 g/mol. The van der Waals surface area contributed by atoms with Crippen molar-refractivity contribution in [3.63, 3.8) is 0 Å². The Labute approximate surface area is 119 Å². The number of hydrogen-bond donors (Lipinski definition) is 1. The molecule has 19 heavy (non-hydrogen) atoms. The van der Waals surface area contributed by atoms with Crippen LogP contribution >= 0.6 is 0 Å². The summed E-state index contributed by atoms with van der Waals surface area (Å²) in [4.78, 5) is 0. The van der Waals surface area contributed by atoms with Gasteiger partial charge in [0.05, 0.1) is 6.10 Å². The zero-order valence-corrected chi connectivity index (χ0v) is 14.0. The number of ether oxygens (including phenoxy) is 1. The Morgan fingerprint density at radius 3 is 1.68 bits per heavy atom. The highest BCUT2D eigenvalue weighted by molar-refractivity contribution is 4.95. The van der Waals surface area contributed by atoms with Crippen LogP contribution in [0.4, 0.5) is 0 Å². The average molecular weight is 270 g/mol. The van der Waals surface area contributed by atoms with Crippen molar-refractivity contribution in [1.82, 2.24) is 0 Å². The highest BCUT2D eigenvalue weighted by Gasteiger charge is 2.45. The first-order chi connectivity index (χ1) is 8.57. The maximum absolute atomic E-state index is 10.8. The molecule has 0 aliphatic heterocycles. The van der Waals surface area contributed by atoms with E-state index in [1.165, 1.54) is 0 Å². The number of hydrogen-bond acceptors (Lipinski definition) is 2. The van der Waals surface area contributed by atoms with Crippen LogP contribution in [0.3, 0.4) is 0 Å². The first-order valence-electron chi connectivity index (χ1n) is 7.83. The topological polar surface area (TPSA) is 29.5 Å². The molecule has 2 heteroatoms. The van der Waals surface area contributed by atoms with Gasteiger partial charge >= 0.3 is 0 Å². The Morgan fingerprint density at radius 1 is 0.947 bits per heavy atom. The molecule has 0 aromatic heterocycles. The van der Waals surface area contributed by atoms with Crippen LogP contribution in [-0.2, 0) is 4.74 Å². The molecular formula is C17H34O2. The van der Waals surface area contributed by atoms with E-state index in [4.69, 9.17) is 4.74 Å². The van der Waals surface area contributed by atoms with Crippen molar-refractivity contribution in [2.24, 2.45) is 28.6 Å². The lowest BCUT2D eigenvalue weighted by atomic mass is 9.59. The van der Waals surface area contributed by atoms with Gasteiger partial charge in [0.2, 0.25) is 0 Å². The van der Waals surface area contributed by atoms with E-state index in [1.807, 2.05) is 0 Å². The van der Waals surface area contributed by atoms with Crippen molar-refractivity contribution in [2.45, 2.75) is 67.4 Å². The molecule has 0 radical (unpaired) electrons. The lowest BCUT2D eigenvalue weighted by Crippen LogP contribution is -2.48. The van der Waals surface area contributed by atoms with Gasteiger partial charge in [0.25, 0.3) is 0 Å². The van der Waals surface area contributed by atoms with Crippen molar-refractivity contribution in [2.75, 3.05) is 13.2 Å². The second kappa shape index (κ2) is 6.13. The monoisotopic (exact) mass is 270 g/mol. The summed E-state index contributed by atoms with van der Waals surface area (Å²) in [5.41, 5.74) is 0.321. The summed E-state index contributed by atoms with van der Waals surface area (Å²) in [5.74, 6) is 1.34. The van der Waals surface area contributed by atoms with Crippen LogP contribution in [0.15, 0.2) is 0 Å². The first kappa shape index (κ1) is 17.0. The molecule has 114 valence electrons. The standard InChI is InChI=1S/C17H34O2/c1-8-19-11-12-9-13(16(2,3)4)15(18)14(10-12)17(5,6)7/h12-15,18H,8-11H2,1-7H3. The summed E-state index contributed by atoms with van der Waals surface area (Å²) >= 11 is 0. The van der Waals surface area contributed by atoms with Gasteiger partial charge in [0, 0.05) is 13.2 Å². The summed E-state index contributed by atoms with van der Waals surface area (Å²) in [6, 6.07) is 0. The summed E-state index contributed by atoms with van der Waals surface area (Å²) in [6.45, 7) is 17.2. The molecule has 0 saturated heterocycles. The molecule has 0 bridgehead atoms. The molecule has 1 N–H and O–H groups in total. The van der Waals surface area contributed by atoms with Crippen LogP contribution in [0.5, 0.6) is 0 Å². The lowest BCUT2D eigenvalue weighted by molar-refractivity contribution is -0.0938. The van der Waals surface area contributed by atoms with Crippen molar-refractivity contribution >= 4 is 0 Å². The van der Waals surface area contributed by atoms with Crippen molar-refractivity contribution in [3.8, 4) is 0 Å². The summed E-state index contributed by atoms with van der Waals surface area (Å²) in [6.07, 6.45) is 2.01. The van der Waals surface area contributed by atoms with Gasteiger partial charge in [-0.25, -0.2) is 0 Å². The van der Waals surface area contributed by atoms with Gasteiger partial charge in [-0.1, -0.05) is 41.5 Å². The van der Waals surface area contributed by atoms with E-state index in [0.717, 1.165) is 26.1 Å². The predicted octanol–water partition coefficient (Wildman–Crippen LogP) is 4.12. The van der Waals surface area contributed by atoms with Gasteiger partial charge in [0.1, 0.15) is 0 Å². The van der Waals surface area contributed by atoms with Crippen LogP contribution < -0.4 is 0 Å². The minimum absolute atomic E-state index is 0.161. The van der Waals surface area contributed by atoms with E-state index < -0.39 is 0 Å². The summed E-state index contributed by atoms with van der Waals surface area (Å²) in [7, 11) is 0. The van der Waals surface area contributed by atoms with E-state index in [0.29, 0.717) is 17.8 Å². The highest BCUT2D eigenvalue weighted by Crippen LogP contribution is 2.48. The minimum Gasteiger partial charge on any atom is -0.393 e. The third-order valence-corrected chi connectivity index (χ3v) is 4.78. The van der Waals surface area contributed by atoms with Crippen LogP contribution in [0.1, 0.15) is 61.3 Å². The maximum atomic E-state index is 10.8. The molecule has 2 unspecified atom stereocenters. The SMILES string of the molecule is CCOCC1CC(C(C)(C)C)C(O)C(C(C)(C)C)C1. The molecule has 2 atom stereocenters. The van der Waals surface area contributed by atoms with Gasteiger partial charge in [-0.05, 0) is 48.3 Å². The highest BCUT2D eigenvalue weighted by atomic mass is 16.5. The van der Waals surface area contributed by atoms with Crippen molar-refractivity contribution in [1.29, 1.82) is 0 Å². The largest absolute Gasteiger partial charge is 0.393 e. The van der Waals surface area contributed by atoms with Crippen molar-refractivity contribution < 1.29 is 9.84 Å². The molecule has 0 spiro atoms. The second-order valence-corrected chi connectivity index (χ2v) is 8.43. The summed E-state index contributed by atoms with van der Waals surface area (Å²) < 4.78 is 5.65. The zero-order valence-electron chi connectivity index (χ0n) is 14.0. The van der Waals surface area contributed by atoms with Crippen LogP contribution in [0.25, 0.3) is 0 Å². The third kappa shape index (κ3) is 4.46. The van der Waals surface area contributed by atoms with E-state index in [1.54, 1.807) is 0 Å². The normalized spacial score (nSPS) is 33.5. The van der Waals surface area contributed by atoms with Crippen LogP contribution in [-0.4, -0.2) is 24.4 Å². The van der Waals surface area contributed by atoms with Gasteiger partial charge in [0.15, 0.2) is 0 Å². The molecule has 1 saturated carbocycles.